The summed E-state index contributed by atoms with van der Waals surface area (Å²) in [6.07, 6.45) is 3.58. The summed E-state index contributed by atoms with van der Waals surface area (Å²) in [5.74, 6) is -0.0570. The summed E-state index contributed by atoms with van der Waals surface area (Å²) in [6.45, 7) is 3.63. The number of para-hydroxylation sites is 1. The summed E-state index contributed by atoms with van der Waals surface area (Å²) in [6, 6.07) is 25.2. The zero-order chi connectivity index (χ0) is 29.6. The van der Waals surface area contributed by atoms with Crippen molar-refractivity contribution in [1.29, 1.82) is 0 Å². The number of hydrazine groups is 1. The Morgan fingerprint density at radius 2 is 1.52 bits per heavy atom. The van der Waals surface area contributed by atoms with Gasteiger partial charge in [0.2, 0.25) is 0 Å². The predicted molar refractivity (Wildman–Crippen MR) is 164 cm³/mol. The highest BCUT2D eigenvalue weighted by Crippen LogP contribution is 2.33. The number of Topliss-reactive ketones (excluding diaryl/α,β-unsaturated/α-hetero) is 1. The van der Waals surface area contributed by atoms with Crippen LogP contribution in [0.5, 0.6) is 0 Å². The lowest BCUT2D eigenvalue weighted by Gasteiger charge is -2.37. The van der Waals surface area contributed by atoms with E-state index in [2.05, 4.69) is 11.7 Å². The van der Waals surface area contributed by atoms with Gasteiger partial charge in [0.05, 0.1) is 25.4 Å². The van der Waals surface area contributed by atoms with Gasteiger partial charge >= 0.3 is 6.09 Å². The number of aliphatic hydroxyl groups excluding tert-OH is 2. The molecule has 0 atom stereocenters. The van der Waals surface area contributed by atoms with Crippen LogP contribution in [0.2, 0.25) is 0 Å². The van der Waals surface area contributed by atoms with Crippen LogP contribution in [0, 0.1) is 6.42 Å². The van der Waals surface area contributed by atoms with Crippen molar-refractivity contribution in [2.75, 3.05) is 64.1 Å². The smallest absolute Gasteiger partial charge is 0.429 e. The highest BCUT2D eigenvalue weighted by Gasteiger charge is 2.28. The molecule has 223 valence electrons. The lowest BCUT2D eigenvalue weighted by Crippen LogP contribution is -2.50. The Labute approximate surface area is 248 Å². The van der Waals surface area contributed by atoms with E-state index in [1.165, 1.54) is 0 Å². The number of piperidine rings is 1. The van der Waals surface area contributed by atoms with Crippen molar-refractivity contribution in [2.45, 2.75) is 19.4 Å². The third kappa shape index (κ3) is 8.95. The molecule has 3 aromatic rings. The number of nitrogens with one attached hydrogen (secondary N) is 1. The van der Waals surface area contributed by atoms with Gasteiger partial charge in [0.25, 0.3) is 0 Å². The maximum atomic E-state index is 13.5. The number of ketones is 1. The number of hydrogen-bond acceptors (Lipinski definition) is 8. The number of anilines is 1. The molecule has 1 saturated heterocycles. The average molecular weight is 574 g/mol. The van der Waals surface area contributed by atoms with Crippen molar-refractivity contribution >= 4 is 17.6 Å². The summed E-state index contributed by atoms with van der Waals surface area (Å²) in [7, 11) is 0. The van der Waals surface area contributed by atoms with Crippen molar-refractivity contribution in [2.24, 2.45) is 0 Å². The van der Waals surface area contributed by atoms with Crippen LogP contribution in [-0.4, -0.2) is 91.1 Å². The summed E-state index contributed by atoms with van der Waals surface area (Å²) in [5, 5.41) is 25.2. The molecule has 0 aliphatic carbocycles. The van der Waals surface area contributed by atoms with Crippen molar-refractivity contribution in [3.05, 3.63) is 96.4 Å². The van der Waals surface area contributed by atoms with Crippen LogP contribution in [0.25, 0.3) is 11.1 Å². The van der Waals surface area contributed by atoms with Gasteiger partial charge in [-0.3, -0.25) is 9.69 Å². The first-order chi connectivity index (χ1) is 20.6. The molecule has 9 heteroatoms. The van der Waals surface area contributed by atoms with E-state index in [9.17, 15) is 19.8 Å². The van der Waals surface area contributed by atoms with Gasteiger partial charge in [-0.15, -0.1) is 0 Å². The first kappa shape index (κ1) is 31.3. The Morgan fingerprint density at radius 3 is 2.21 bits per heavy atom. The molecular formula is C33H41N4O5. The van der Waals surface area contributed by atoms with Crippen LogP contribution in [0.15, 0.2) is 78.9 Å². The number of carbonyl (C=O) groups excluding carboxylic acids is 2. The minimum atomic E-state index is -0.444. The molecule has 1 fully saturated rings. The normalized spacial score (nSPS) is 13.7. The maximum Gasteiger partial charge on any atom is 0.429 e. The van der Waals surface area contributed by atoms with E-state index in [4.69, 9.17) is 4.74 Å². The van der Waals surface area contributed by atoms with Crippen LogP contribution in [0.1, 0.15) is 28.8 Å². The average Bonchev–Trinajstić information content (AvgIpc) is 3.03. The number of carbonyl (C=O) groups is 2. The van der Waals surface area contributed by atoms with Gasteiger partial charge in [-0.25, -0.2) is 14.8 Å². The predicted octanol–water partition coefficient (Wildman–Crippen LogP) is 3.77. The van der Waals surface area contributed by atoms with Gasteiger partial charge in [0.1, 0.15) is 6.61 Å². The number of ether oxygens (including phenoxy) is 1. The van der Waals surface area contributed by atoms with E-state index in [0.29, 0.717) is 31.7 Å². The summed E-state index contributed by atoms with van der Waals surface area (Å²) >= 11 is 0. The fourth-order valence-electron chi connectivity index (χ4n) is 5.01. The van der Waals surface area contributed by atoms with Crippen LogP contribution >= 0.6 is 0 Å². The maximum absolute atomic E-state index is 13.5. The number of amides is 1. The van der Waals surface area contributed by atoms with Gasteiger partial charge in [-0.1, -0.05) is 72.8 Å². The summed E-state index contributed by atoms with van der Waals surface area (Å²) in [5.41, 5.74) is 4.34. The third-order valence-electron chi connectivity index (χ3n) is 7.16. The van der Waals surface area contributed by atoms with Crippen molar-refractivity contribution in [1.82, 2.24) is 15.2 Å². The molecule has 1 heterocycles. The molecule has 0 unspecified atom stereocenters. The molecule has 0 spiro atoms. The van der Waals surface area contributed by atoms with E-state index in [1.54, 1.807) is 17.1 Å². The quantitative estimate of drug-likeness (QED) is 0.186. The van der Waals surface area contributed by atoms with Crippen molar-refractivity contribution in [3.8, 4) is 11.1 Å². The monoisotopic (exact) mass is 573 g/mol. The molecule has 0 saturated carbocycles. The first-order valence-corrected chi connectivity index (χ1v) is 14.6. The molecule has 4 rings (SSSR count). The molecule has 1 radical (unpaired) electrons. The van der Waals surface area contributed by atoms with Gasteiger partial charge < -0.3 is 20.3 Å². The number of hydrogen-bond donors (Lipinski definition) is 3. The molecule has 3 N–H and O–H groups in total. The lowest BCUT2D eigenvalue weighted by atomic mass is 10.0. The number of aliphatic hydroxyl groups is 2. The fraction of sp³-hybridized carbons (Fsp3) is 0.364. The van der Waals surface area contributed by atoms with Crippen LogP contribution < -0.4 is 10.3 Å². The minimum Gasteiger partial charge on any atom is -0.447 e. The van der Waals surface area contributed by atoms with Crippen molar-refractivity contribution < 1.29 is 24.5 Å². The van der Waals surface area contributed by atoms with E-state index in [0.717, 1.165) is 48.3 Å². The largest absolute Gasteiger partial charge is 0.447 e. The standard InChI is InChI=1S/C33H41N4O5/c38-22-20-35(21-23-39)26-27-13-15-29(16-14-27)32(40)25-34-17-24-42-33(41)37(36-18-7-2-8-19-36)31-12-6-5-11-30(31)28-9-3-1-4-10-28/h1-6,9-16,34,38-39H,7-8,17-26H2. The number of nitrogens with zero attached hydrogens (tertiary/aromatic N) is 3. The Kier molecular flexibility index (Phi) is 12.5. The Hall–Kier alpha value is -3.60. The number of benzene rings is 3. The molecular weight excluding hydrogens is 532 g/mol. The van der Waals surface area contributed by atoms with Gasteiger partial charge in [0.15, 0.2) is 5.78 Å². The van der Waals surface area contributed by atoms with Crippen LogP contribution in [0.3, 0.4) is 0 Å². The Balaban J connectivity index is 1.31. The SMILES string of the molecule is O=C(CNCCOC(=O)N(c1ccccc1-c1ccccc1)N1CC[CH]CC1)c1ccc(CN(CCO)CCO)cc1. The molecule has 1 amide bonds. The zero-order valence-electron chi connectivity index (χ0n) is 24.0. The number of rotatable bonds is 15. The van der Waals surface area contributed by atoms with Gasteiger partial charge in [0, 0.05) is 50.4 Å². The second kappa shape index (κ2) is 16.7. The Bertz CT molecular complexity index is 1240. The highest BCUT2D eigenvalue weighted by molar-refractivity contribution is 5.97. The van der Waals surface area contributed by atoms with Crippen molar-refractivity contribution in [3.63, 3.8) is 0 Å². The molecule has 42 heavy (non-hydrogen) atoms. The summed E-state index contributed by atoms with van der Waals surface area (Å²) in [4.78, 5) is 28.1. The van der Waals surface area contributed by atoms with Gasteiger partial charge in [-0.2, -0.15) is 0 Å². The first-order valence-electron chi connectivity index (χ1n) is 14.6. The second-order valence-corrected chi connectivity index (χ2v) is 10.1. The fourth-order valence-corrected chi connectivity index (χ4v) is 5.01. The molecule has 0 aromatic heterocycles. The lowest BCUT2D eigenvalue weighted by molar-refractivity contribution is 0.0986. The van der Waals surface area contributed by atoms with Crippen LogP contribution in [0.4, 0.5) is 10.5 Å². The van der Waals surface area contributed by atoms with Gasteiger partial charge in [-0.05, 0) is 36.5 Å². The van der Waals surface area contributed by atoms with E-state index < -0.39 is 6.09 Å². The highest BCUT2D eigenvalue weighted by atomic mass is 16.6. The minimum absolute atomic E-state index is 0.0214. The molecule has 0 bridgehead atoms. The zero-order valence-corrected chi connectivity index (χ0v) is 24.0. The van der Waals surface area contributed by atoms with E-state index in [-0.39, 0.29) is 32.1 Å². The third-order valence-corrected chi connectivity index (χ3v) is 7.16. The Morgan fingerprint density at radius 1 is 0.857 bits per heavy atom. The topological polar surface area (TPSA) is 106 Å². The molecule has 3 aromatic carbocycles. The molecule has 9 nitrogen and oxygen atoms in total. The molecule has 1 aliphatic rings. The molecule has 1 aliphatic heterocycles. The van der Waals surface area contributed by atoms with Crippen LogP contribution in [-0.2, 0) is 11.3 Å². The van der Waals surface area contributed by atoms with E-state index >= 15 is 0 Å². The second-order valence-electron chi connectivity index (χ2n) is 10.1. The summed E-state index contributed by atoms with van der Waals surface area (Å²) < 4.78 is 5.70. The van der Waals surface area contributed by atoms with E-state index in [1.807, 2.05) is 76.6 Å².